The third kappa shape index (κ3) is 2.33. The van der Waals surface area contributed by atoms with Crippen molar-refractivity contribution >= 4 is 5.69 Å². The molecule has 0 bridgehead atoms. The number of methoxy groups -OCH3 is 1. The highest BCUT2D eigenvalue weighted by Gasteiger charge is 2.21. The van der Waals surface area contributed by atoms with E-state index < -0.39 is 0 Å². The molecule has 0 atom stereocenters. The lowest BCUT2D eigenvalue weighted by Crippen LogP contribution is -2.19. The Morgan fingerprint density at radius 1 is 1.15 bits per heavy atom. The standard InChI is InChI=1S/C17H16N2O/c1-20-17-8-12(11-18)6-7-16(17)19-15-9-13-4-2-3-5-14(13)10-15/h2-8,15,19H,9-10H2,1H3. The number of nitrogens with zero attached hydrogens (tertiary/aromatic N) is 1. The van der Waals surface area contributed by atoms with Gasteiger partial charge in [0.05, 0.1) is 24.4 Å². The van der Waals surface area contributed by atoms with Gasteiger partial charge in [0.1, 0.15) is 5.75 Å². The second kappa shape index (κ2) is 5.26. The van der Waals surface area contributed by atoms with Crippen LogP contribution in [-0.4, -0.2) is 13.2 Å². The SMILES string of the molecule is COc1cc(C#N)ccc1NC1Cc2ccccc2C1. The van der Waals surface area contributed by atoms with Gasteiger partial charge in [-0.05, 0) is 36.1 Å². The minimum atomic E-state index is 0.384. The van der Waals surface area contributed by atoms with Crippen molar-refractivity contribution in [1.29, 1.82) is 5.26 Å². The third-order valence-corrected chi connectivity index (χ3v) is 3.74. The first-order chi connectivity index (χ1) is 9.80. The van der Waals surface area contributed by atoms with Crippen molar-refractivity contribution in [3.8, 4) is 11.8 Å². The number of nitrogens with one attached hydrogen (secondary N) is 1. The molecule has 0 radical (unpaired) electrons. The quantitative estimate of drug-likeness (QED) is 0.926. The average Bonchev–Trinajstić information content (AvgIpc) is 2.90. The van der Waals surface area contributed by atoms with Crippen LogP contribution < -0.4 is 10.1 Å². The fraction of sp³-hybridized carbons (Fsp3) is 0.235. The Kier molecular flexibility index (Phi) is 3.30. The van der Waals surface area contributed by atoms with Crippen molar-refractivity contribution in [2.45, 2.75) is 18.9 Å². The number of fused-ring (bicyclic) bond motifs is 1. The lowest BCUT2D eigenvalue weighted by Gasteiger charge is -2.16. The van der Waals surface area contributed by atoms with Gasteiger partial charge in [0.2, 0.25) is 0 Å². The highest BCUT2D eigenvalue weighted by molar-refractivity contribution is 5.60. The fourth-order valence-electron chi connectivity index (χ4n) is 2.76. The maximum absolute atomic E-state index is 8.93. The maximum atomic E-state index is 8.93. The molecule has 3 rings (SSSR count). The van der Waals surface area contributed by atoms with Crippen LogP contribution in [0.1, 0.15) is 16.7 Å². The van der Waals surface area contributed by atoms with Gasteiger partial charge in [-0.15, -0.1) is 0 Å². The molecule has 1 N–H and O–H groups in total. The van der Waals surface area contributed by atoms with E-state index in [0.717, 1.165) is 24.3 Å². The van der Waals surface area contributed by atoms with Crippen molar-refractivity contribution in [2.75, 3.05) is 12.4 Å². The van der Waals surface area contributed by atoms with Crippen molar-refractivity contribution in [2.24, 2.45) is 0 Å². The van der Waals surface area contributed by atoms with Crippen LogP contribution in [0, 0.1) is 11.3 Å². The predicted molar refractivity (Wildman–Crippen MR) is 79.0 cm³/mol. The van der Waals surface area contributed by atoms with E-state index in [1.807, 2.05) is 12.1 Å². The summed E-state index contributed by atoms with van der Waals surface area (Å²) in [5.74, 6) is 0.722. The second-order valence-electron chi connectivity index (χ2n) is 5.05. The number of ether oxygens (including phenoxy) is 1. The van der Waals surface area contributed by atoms with Gasteiger partial charge in [-0.25, -0.2) is 0 Å². The number of hydrogen-bond acceptors (Lipinski definition) is 3. The van der Waals surface area contributed by atoms with Crippen LogP contribution >= 0.6 is 0 Å². The minimum Gasteiger partial charge on any atom is -0.495 e. The predicted octanol–water partition coefficient (Wildman–Crippen LogP) is 3.15. The Hall–Kier alpha value is -2.47. The lowest BCUT2D eigenvalue weighted by molar-refractivity contribution is 0.416. The highest BCUT2D eigenvalue weighted by Crippen LogP contribution is 2.29. The molecule has 0 aromatic heterocycles. The molecular formula is C17H16N2O. The zero-order valence-corrected chi connectivity index (χ0v) is 11.4. The molecule has 0 spiro atoms. The number of benzene rings is 2. The molecule has 0 amide bonds. The van der Waals surface area contributed by atoms with Crippen LogP contribution in [0.2, 0.25) is 0 Å². The van der Waals surface area contributed by atoms with Gasteiger partial charge in [0.15, 0.2) is 0 Å². The Morgan fingerprint density at radius 3 is 2.45 bits per heavy atom. The molecule has 1 aliphatic rings. The third-order valence-electron chi connectivity index (χ3n) is 3.74. The van der Waals surface area contributed by atoms with Crippen LogP contribution in [0.4, 0.5) is 5.69 Å². The van der Waals surface area contributed by atoms with Gasteiger partial charge < -0.3 is 10.1 Å². The molecule has 0 fully saturated rings. The molecule has 0 heterocycles. The van der Waals surface area contributed by atoms with Crippen LogP contribution in [0.25, 0.3) is 0 Å². The number of rotatable bonds is 3. The molecule has 0 unspecified atom stereocenters. The van der Waals surface area contributed by atoms with Crippen molar-refractivity contribution in [3.63, 3.8) is 0 Å². The number of hydrogen-bond donors (Lipinski definition) is 1. The van der Waals surface area contributed by atoms with Crippen molar-refractivity contribution in [1.82, 2.24) is 0 Å². The summed E-state index contributed by atoms with van der Waals surface area (Å²) in [6, 6.07) is 16.6. The summed E-state index contributed by atoms with van der Waals surface area (Å²) in [4.78, 5) is 0. The van der Waals surface area contributed by atoms with Gasteiger partial charge in [-0.2, -0.15) is 5.26 Å². The summed E-state index contributed by atoms with van der Waals surface area (Å²) in [7, 11) is 1.63. The second-order valence-corrected chi connectivity index (χ2v) is 5.05. The van der Waals surface area contributed by atoms with Gasteiger partial charge in [0.25, 0.3) is 0 Å². The molecule has 0 saturated carbocycles. The molecule has 0 saturated heterocycles. The smallest absolute Gasteiger partial charge is 0.143 e. The first-order valence-electron chi connectivity index (χ1n) is 6.71. The zero-order valence-electron chi connectivity index (χ0n) is 11.4. The van der Waals surface area contributed by atoms with E-state index in [-0.39, 0.29) is 0 Å². The Balaban J connectivity index is 1.79. The normalized spacial score (nSPS) is 13.6. The molecule has 2 aromatic rings. The van der Waals surface area contributed by atoms with E-state index >= 15 is 0 Å². The highest BCUT2D eigenvalue weighted by atomic mass is 16.5. The number of nitriles is 1. The molecular weight excluding hydrogens is 248 g/mol. The average molecular weight is 264 g/mol. The lowest BCUT2D eigenvalue weighted by atomic mass is 10.1. The molecule has 3 nitrogen and oxygen atoms in total. The van der Waals surface area contributed by atoms with Crippen molar-refractivity contribution < 1.29 is 4.74 Å². The zero-order chi connectivity index (χ0) is 13.9. The molecule has 0 aliphatic heterocycles. The van der Waals surface area contributed by atoms with Crippen molar-refractivity contribution in [3.05, 3.63) is 59.2 Å². The summed E-state index contributed by atoms with van der Waals surface area (Å²) < 4.78 is 5.36. The summed E-state index contributed by atoms with van der Waals surface area (Å²) in [5.41, 5.74) is 4.39. The maximum Gasteiger partial charge on any atom is 0.143 e. The van der Waals surface area contributed by atoms with Crippen LogP contribution in [0.3, 0.4) is 0 Å². The minimum absolute atomic E-state index is 0.384. The summed E-state index contributed by atoms with van der Waals surface area (Å²) in [6.07, 6.45) is 2.05. The van der Waals surface area contributed by atoms with Crippen LogP contribution in [-0.2, 0) is 12.8 Å². The summed E-state index contributed by atoms with van der Waals surface area (Å²) >= 11 is 0. The van der Waals surface area contributed by atoms with Gasteiger partial charge in [0, 0.05) is 12.1 Å². The Morgan fingerprint density at radius 2 is 1.85 bits per heavy atom. The molecule has 2 aromatic carbocycles. The summed E-state index contributed by atoms with van der Waals surface area (Å²) in [6.45, 7) is 0. The summed E-state index contributed by atoms with van der Waals surface area (Å²) in [5, 5.41) is 12.4. The van der Waals surface area contributed by atoms with E-state index in [0.29, 0.717) is 11.6 Å². The van der Waals surface area contributed by atoms with E-state index in [9.17, 15) is 0 Å². The Bertz CT molecular complexity index is 648. The van der Waals surface area contributed by atoms with E-state index in [2.05, 4.69) is 35.7 Å². The first kappa shape index (κ1) is 12.6. The van der Waals surface area contributed by atoms with E-state index in [4.69, 9.17) is 10.00 Å². The van der Waals surface area contributed by atoms with Gasteiger partial charge >= 0.3 is 0 Å². The topological polar surface area (TPSA) is 45.0 Å². The van der Waals surface area contributed by atoms with Crippen LogP contribution in [0.5, 0.6) is 5.75 Å². The fourth-order valence-corrected chi connectivity index (χ4v) is 2.76. The number of anilines is 1. The Labute approximate surface area is 118 Å². The molecule has 3 heteroatoms. The van der Waals surface area contributed by atoms with Gasteiger partial charge in [-0.3, -0.25) is 0 Å². The largest absolute Gasteiger partial charge is 0.495 e. The molecule has 100 valence electrons. The van der Waals surface area contributed by atoms with E-state index in [1.165, 1.54) is 11.1 Å². The monoisotopic (exact) mass is 264 g/mol. The molecule has 20 heavy (non-hydrogen) atoms. The van der Waals surface area contributed by atoms with Gasteiger partial charge in [-0.1, -0.05) is 24.3 Å². The molecule has 1 aliphatic carbocycles. The first-order valence-corrected chi connectivity index (χ1v) is 6.71. The van der Waals surface area contributed by atoms with Crippen LogP contribution in [0.15, 0.2) is 42.5 Å². The van der Waals surface area contributed by atoms with E-state index in [1.54, 1.807) is 13.2 Å².